The van der Waals surface area contributed by atoms with E-state index >= 15 is 0 Å². The number of aliphatic imine (C=N–C) groups is 1. The number of benzene rings is 3. The Morgan fingerprint density at radius 2 is 1.85 bits per heavy atom. The number of halogens is 2. The first-order valence-corrected chi connectivity index (χ1v) is 12.7. The van der Waals surface area contributed by atoms with E-state index in [1.165, 1.54) is 31.4 Å². The van der Waals surface area contributed by atoms with Crippen molar-refractivity contribution in [2.45, 2.75) is 26.3 Å². The van der Waals surface area contributed by atoms with Gasteiger partial charge in [-0.25, -0.2) is 18.6 Å². The molecule has 0 aliphatic carbocycles. The van der Waals surface area contributed by atoms with Gasteiger partial charge in [-0.1, -0.05) is 30.9 Å². The Balaban J connectivity index is 1.61. The van der Waals surface area contributed by atoms with Crippen molar-refractivity contribution in [2.24, 2.45) is 4.99 Å². The van der Waals surface area contributed by atoms with Crippen molar-refractivity contribution in [1.82, 2.24) is 4.98 Å². The maximum atomic E-state index is 15.0. The molecule has 0 saturated heterocycles. The number of nitrogens with one attached hydrogen (secondary N) is 1. The van der Waals surface area contributed by atoms with Crippen molar-refractivity contribution in [2.75, 3.05) is 12.4 Å². The molecule has 1 aliphatic heterocycles. The van der Waals surface area contributed by atoms with Gasteiger partial charge in [0, 0.05) is 35.5 Å². The van der Waals surface area contributed by atoms with Crippen LogP contribution in [-0.4, -0.2) is 28.9 Å². The molecule has 3 aromatic carbocycles. The number of fused-ring (bicyclic) bond motifs is 3. The number of nitrogens with zero attached hydrogens (tertiary/aromatic N) is 2. The summed E-state index contributed by atoms with van der Waals surface area (Å²) in [5, 5.41) is 12.6. The van der Waals surface area contributed by atoms with E-state index < -0.39 is 17.6 Å². The summed E-state index contributed by atoms with van der Waals surface area (Å²) in [6, 6.07) is 15.8. The number of ether oxygens (including phenoxy) is 1. The molecule has 2 N–H and O–H groups in total. The molecule has 5 rings (SSSR count). The molecule has 40 heavy (non-hydrogen) atoms. The van der Waals surface area contributed by atoms with E-state index in [-0.39, 0.29) is 29.1 Å². The Hall–Kier alpha value is -5.03. The first-order chi connectivity index (χ1) is 19.4. The van der Waals surface area contributed by atoms with Crippen LogP contribution in [0.3, 0.4) is 0 Å². The number of carbonyl (C=O) groups is 1. The Kier molecular flexibility index (Phi) is 7.56. The number of unbranched alkanes of at least 4 members (excludes halogenated alkanes) is 1. The summed E-state index contributed by atoms with van der Waals surface area (Å²) >= 11 is 0. The lowest BCUT2D eigenvalue weighted by Gasteiger charge is -2.15. The van der Waals surface area contributed by atoms with Gasteiger partial charge in [-0.2, -0.15) is 0 Å². The largest absolute Gasteiger partial charge is 0.496 e. The molecule has 0 spiro atoms. The highest BCUT2D eigenvalue weighted by Gasteiger charge is 2.24. The number of rotatable bonds is 6. The van der Waals surface area contributed by atoms with Crippen molar-refractivity contribution >= 4 is 23.2 Å². The molecule has 6 nitrogen and oxygen atoms in total. The third kappa shape index (κ3) is 5.27. The summed E-state index contributed by atoms with van der Waals surface area (Å²) in [5.41, 5.74) is 4.24. The molecule has 0 radical (unpaired) electrons. The van der Waals surface area contributed by atoms with Crippen molar-refractivity contribution in [3.05, 3.63) is 106 Å². The summed E-state index contributed by atoms with van der Waals surface area (Å²) in [6.07, 6.45) is 3.33. The quantitative estimate of drug-likeness (QED) is 0.259. The molecule has 200 valence electrons. The predicted octanol–water partition coefficient (Wildman–Crippen LogP) is 6.98. The van der Waals surface area contributed by atoms with E-state index in [2.05, 4.69) is 27.1 Å². The number of aromatic nitrogens is 1. The second kappa shape index (κ2) is 11.4. The van der Waals surface area contributed by atoms with Gasteiger partial charge in [0.1, 0.15) is 28.8 Å². The van der Waals surface area contributed by atoms with Crippen LogP contribution in [-0.2, 0) is 6.54 Å². The number of pyridine rings is 1. The fourth-order valence-corrected chi connectivity index (χ4v) is 4.55. The molecular formula is C32H25F2N3O3. The average Bonchev–Trinajstić information content (AvgIpc) is 3.09. The second-order valence-corrected chi connectivity index (χ2v) is 9.15. The lowest BCUT2D eigenvalue weighted by Crippen LogP contribution is -2.10. The van der Waals surface area contributed by atoms with Gasteiger partial charge in [0.25, 0.3) is 0 Å². The highest BCUT2D eigenvalue weighted by atomic mass is 19.1. The summed E-state index contributed by atoms with van der Waals surface area (Å²) in [4.78, 5) is 20.6. The van der Waals surface area contributed by atoms with Crippen molar-refractivity contribution < 1.29 is 23.4 Å². The van der Waals surface area contributed by atoms with Gasteiger partial charge in [0.15, 0.2) is 0 Å². The monoisotopic (exact) mass is 537 g/mol. The van der Waals surface area contributed by atoms with Crippen LogP contribution in [0.15, 0.2) is 71.9 Å². The van der Waals surface area contributed by atoms with Crippen molar-refractivity contribution in [3.63, 3.8) is 0 Å². The van der Waals surface area contributed by atoms with Crippen LogP contribution < -0.4 is 10.1 Å². The molecule has 8 heteroatoms. The number of hydrogen-bond donors (Lipinski definition) is 2. The van der Waals surface area contributed by atoms with Crippen molar-refractivity contribution in [3.8, 4) is 28.7 Å². The number of carboxylic acids is 1. The molecule has 1 aromatic heterocycles. The maximum Gasteiger partial charge on any atom is 0.339 e. The third-order valence-corrected chi connectivity index (χ3v) is 6.47. The lowest BCUT2D eigenvalue weighted by molar-refractivity contribution is 0.0693. The molecule has 0 amide bonds. The number of anilines is 2. The Morgan fingerprint density at radius 1 is 1.05 bits per heavy atom. The van der Waals surface area contributed by atoms with E-state index in [1.54, 1.807) is 18.3 Å². The van der Waals surface area contributed by atoms with Crippen LogP contribution in [0.5, 0.6) is 5.75 Å². The molecule has 1 aliphatic rings. The second-order valence-electron chi connectivity index (χ2n) is 9.15. The SMILES string of the molecule is CCCC#Cc1ccc2c(c1)C(c1c(F)cccc1F)=NCc1cnc(Nc3ccc(C(=O)O)c(OC)c3)cc1-2. The van der Waals surface area contributed by atoms with Gasteiger partial charge < -0.3 is 15.2 Å². The zero-order valence-corrected chi connectivity index (χ0v) is 21.9. The summed E-state index contributed by atoms with van der Waals surface area (Å²) in [6.45, 7) is 2.21. The molecule has 2 heterocycles. The third-order valence-electron chi connectivity index (χ3n) is 6.47. The van der Waals surface area contributed by atoms with Crippen LogP contribution in [0.25, 0.3) is 11.1 Å². The summed E-state index contributed by atoms with van der Waals surface area (Å²) in [7, 11) is 1.40. The topological polar surface area (TPSA) is 83.8 Å². The van der Waals surface area contributed by atoms with E-state index in [9.17, 15) is 18.7 Å². The van der Waals surface area contributed by atoms with E-state index in [1.807, 2.05) is 31.2 Å². The van der Waals surface area contributed by atoms with Gasteiger partial charge in [-0.05, 0) is 65.6 Å². The fourth-order valence-electron chi connectivity index (χ4n) is 4.55. The van der Waals surface area contributed by atoms with Crippen LogP contribution in [0.2, 0.25) is 0 Å². The lowest BCUT2D eigenvalue weighted by atomic mass is 9.91. The molecular weight excluding hydrogens is 512 g/mol. The highest BCUT2D eigenvalue weighted by Crippen LogP contribution is 2.36. The van der Waals surface area contributed by atoms with Crippen LogP contribution in [0, 0.1) is 23.5 Å². The standard InChI is InChI=1S/C32H25F2N3O3/c1-3-4-5-7-19-10-12-22-24-16-29(37-21-11-13-23(32(38)39)28(15-21)40-2)35-17-20(24)18-36-31(25(22)14-19)30-26(33)8-6-9-27(30)34/h6,8-17H,3-4,18H2,1-2H3,(H,35,37)(H,38,39). The minimum Gasteiger partial charge on any atom is -0.496 e. The van der Waals surface area contributed by atoms with E-state index in [0.717, 1.165) is 35.1 Å². The highest BCUT2D eigenvalue weighted by molar-refractivity contribution is 6.17. The number of hydrogen-bond acceptors (Lipinski definition) is 5. The van der Waals surface area contributed by atoms with Gasteiger partial charge in [-0.3, -0.25) is 4.99 Å². The first-order valence-electron chi connectivity index (χ1n) is 12.7. The molecule has 0 unspecified atom stereocenters. The molecule has 0 saturated carbocycles. The predicted molar refractivity (Wildman–Crippen MR) is 150 cm³/mol. The van der Waals surface area contributed by atoms with Crippen molar-refractivity contribution in [1.29, 1.82) is 0 Å². The molecule has 0 atom stereocenters. The normalized spacial score (nSPS) is 11.8. The van der Waals surface area contributed by atoms with Gasteiger partial charge in [-0.15, -0.1) is 0 Å². The Labute approximate surface area is 230 Å². The van der Waals surface area contributed by atoms with Crippen LogP contribution >= 0.6 is 0 Å². The van der Waals surface area contributed by atoms with Crippen LogP contribution in [0.1, 0.15) is 52.4 Å². The minimum atomic E-state index is -1.09. The zero-order chi connectivity index (χ0) is 28.2. The smallest absolute Gasteiger partial charge is 0.339 e. The Bertz CT molecular complexity index is 1700. The number of carboxylic acid groups (broad SMARTS) is 1. The van der Waals surface area contributed by atoms with E-state index in [0.29, 0.717) is 17.1 Å². The van der Waals surface area contributed by atoms with Gasteiger partial charge in [0.05, 0.1) is 24.9 Å². The summed E-state index contributed by atoms with van der Waals surface area (Å²) < 4.78 is 35.2. The number of methoxy groups -OCH3 is 1. The molecule has 0 bridgehead atoms. The minimum absolute atomic E-state index is 0.0414. The average molecular weight is 538 g/mol. The first kappa shape index (κ1) is 26.6. The maximum absolute atomic E-state index is 15.0. The summed E-state index contributed by atoms with van der Waals surface area (Å²) in [5.74, 6) is 4.47. The number of aromatic carboxylic acids is 1. The Morgan fingerprint density at radius 3 is 2.58 bits per heavy atom. The van der Waals surface area contributed by atoms with Gasteiger partial charge in [0.2, 0.25) is 0 Å². The van der Waals surface area contributed by atoms with Gasteiger partial charge >= 0.3 is 5.97 Å². The zero-order valence-electron chi connectivity index (χ0n) is 21.9. The molecule has 4 aromatic rings. The van der Waals surface area contributed by atoms with Crippen LogP contribution in [0.4, 0.5) is 20.3 Å². The van der Waals surface area contributed by atoms with E-state index in [4.69, 9.17) is 4.74 Å². The molecule has 0 fully saturated rings. The fraction of sp³-hybridized carbons (Fsp3) is 0.156.